The number of carbonyl (C=O) groups excluding carboxylic acids is 2. The minimum absolute atomic E-state index is 0.103. The van der Waals surface area contributed by atoms with Crippen LogP contribution in [0.25, 0.3) is 6.08 Å². The Morgan fingerprint density at radius 2 is 1.48 bits per heavy atom. The summed E-state index contributed by atoms with van der Waals surface area (Å²) in [6, 6.07) is 21.0. The first-order valence-electron chi connectivity index (χ1n) is 9.36. The zero-order chi connectivity index (χ0) is 22.2. The van der Waals surface area contributed by atoms with Crippen molar-refractivity contribution >= 4 is 39.5 Å². The van der Waals surface area contributed by atoms with Gasteiger partial charge in [-0.05, 0) is 66.2 Å². The SMILES string of the molecule is COc1ccc(C=C(NC(=O)c2ccc(OC)cc2)C(=O)Nc2cccc(Br)c2)cc1. The van der Waals surface area contributed by atoms with E-state index in [0.29, 0.717) is 22.7 Å². The van der Waals surface area contributed by atoms with Crippen LogP contribution in [0.15, 0.2) is 83.0 Å². The van der Waals surface area contributed by atoms with Crippen molar-refractivity contribution in [2.24, 2.45) is 0 Å². The lowest BCUT2D eigenvalue weighted by atomic mass is 10.1. The normalized spacial score (nSPS) is 10.9. The minimum atomic E-state index is -0.448. The first kappa shape index (κ1) is 22.1. The lowest BCUT2D eigenvalue weighted by Crippen LogP contribution is -2.30. The number of halogens is 1. The number of nitrogens with one attached hydrogen (secondary N) is 2. The molecular formula is C24H21BrN2O4. The molecule has 0 spiro atoms. The Hall–Kier alpha value is -3.58. The molecule has 3 aromatic rings. The second-order valence-electron chi connectivity index (χ2n) is 6.48. The largest absolute Gasteiger partial charge is 0.497 e. The third-order valence-corrected chi connectivity index (χ3v) is 4.85. The summed E-state index contributed by atoms with van der Waals surface area (Å²) in [7, 11) is 3.13. The molecule has 0 aliphatic heterocycles. The first-order chi connectivity index (χ1) is 15.0. The van der Waals surface area contributed by atoms with E-state index < -0.39 is 11.8 Å². The summed E-state index contributed by atoms with van der Waals surface area (Å²) in [5.41, 5.74) is 1.83. The fourth-order valence-corrected chi connectivity index (χ4v) is 3.13. The molecule has 0 heterocycles. The molecule has 0 bridgehead atoms. The van der Waals surface area contributed by atoms with Crippen molar-refractivity contribution in [3.8, 4) is 11.5 Å². The van der Waals surface area contributed by atoms with Crippen molar-refractivity contribution in [1.82, 2.24) is 5.32 Å². The lowest BCUT2D eigenvalue weighted by molar-refractivity contribution is -0.113. The van der Waals surface area contributed by atoms with Crippen LogP contribution in [-0.4, -0.2) is 26.0 Å². The molecule has 3 aromatic carbocycles. The van der Waals surface area contributed by atoms with Gasteiger partial charge in [-0.2, -0.15) is 0 Å². The van der Waals surface area contributed by atoms with E-state index in [1.165, 1.54) is 0 Å². The Morgan fingerprint density at radius 3 is 2.06 bits per heavy atom. The second kappa shape index (κ2) is 10.4. The van der Waals surface area contributed by atoms with Gasteiger partial charge in [0.25, 0.3) is 11.8 Å². The smallest absolute Gasteiger partial charge is 0.272 e. The maximum Gasteiger partial charge on any atom is 0.272 e. The molecule has 2 amide bonds. The highest BCUT2D eigenvalue weighted by Gasteiger charge is 2.15. The van der Waals surface area contributed by atoms with Crippen molar-refractivity contribution in [2.45, 2.75) is 0 Å². The molecular weight excluding hydrogens is 460 g/mol. The van der Waals surface area contributed by atoms with E-state index in [-0.39, 0.29) is 5.70 Å². The number of methoxy groups -OCH3 is 2. The average Bonchev–Trinajstić information content (AvgIpc) is 2.79. The Kier molecular flexibility index (Phi) is 7.45. The van der Waals surface area contributed by atoms with Gasteiger partial charge >= 0.3 is 0 Å². The summed E-state index contributed by atoms with van der Waals surface area (Å²) in [4.78, 5) is 25.7. The number of ether oxygens (including phenoxy) is 2. The van der Waals surface area contributed by atoms with E-state index in [1.807, 2.05) is 12.1 Å². The number of hydrogen-bond acceptors (Lipinski definition) is 4. The van der Waals surface area contributed by atoms with Crippen LogP contribution in [0.5, 0.6) is 11.5 Å². The molecule has 0 saturated heterocycles. The van der Waals surface area contributed by atoms with E-state index in [0.717, 1.165) is 10.0 Å². The van der Waals surface area contributed by atoms with Crippen molar-refractivity contribution in [2.75, 3.05) is 19.5 Å². The van der Waals surface area contributed by atoms with Crippen LogP contribution in [0.4, 0.5) is 5.69 Å². The summed E-state index contributed by atoms with van der Waals surface area (Å²) in [5, 5.41) is 5.51. The topological polar surface area (TPSA) is 76.7 Å². The number of hydrogen-bond donors (Lipinski definition) is 2. The molecule has 6 nitrogen and oxygen atoms in total. The third-order valence-electron chi connectivity index (χ3n) is 4.35. The summed E-state index contributed by atoms with van der Waals surface area (Å²) >= 11 is 3.38. The standard InChI is InChI=1S/C24H21BrN2O4/c1-30-20-10-6-16(7-11-20)14-22(24(29)26-19-5-3-4-18(25)15-19)27-23(28)17-8-12-21(31-2)13-9-17/h3-15H,1-2H3,(H,26,29)(H,27,28). The van der Waals surface area contributed by atoms with Gasteiger partial charge in [-0.1, -0.05) is 34.1 Å². The van der Waals surface area contributed by atoms with Gasteiger partial charge in [0.15, 0.2) is 0 Å². The third kappa shape index (κ3) is 6.20. The van der Waals surface area contributed by atoms with Crippen molar-refractivity contribution in [3.05, 3.63) is 94.1 Å². The van der Waals surface area contributed by atoms with Crippen LogP contribution in [-0.2, 0) is 4.79 Å². The minimum Gasteiger partial charge on any atom is -0.497 e. The molecule has 3 rings (SSSR count). The highest BCUT2D eigenvalue weighted by molar-refractivity contribution is 9.10. The molecule has 158 valence electrons. The van der Waals surface area contributed by atoms with Crippen molar-refractivity contribution < 1.29 is 19.1 Å². The van der Waals surface area contributed by atoms with E-state index in [1.54, 1.807) is 81.0 Å². The molecule has 0 aliphatic carbocycles. The van der Waals surface area contributed by atoms with E-state index >= 15 is 0 Å². The predicted molar refractivity (Wildman–Crippen MR) is 124 cm³/mol. The van der Waals surface area contributed by atoms with Crippen LogP contribution >= 0.6 is 15.9 Å². The summed E-state index contributed by atoms with van der Waals surface area (Å²) in [6.07, 6.45) is 1.61. The van der Waals surface area contributed by atoms with Gasteiger partial charge in [0.05, 0.1) is 14.2 Å². The van der Waals surface area contributed by atoms with E-state index in [2.05, 4.69) is 26.6 Å². The highest BCUT2D eigenvalue weighted by atomic mass is 79.9. The van der Waals surface area contributed by atoms with Crippen LogP contribution in [0.2, 0.25) is 0 Å². The fourth-order valence-electron chi connectivity index (χ4n) is 2.73. The number of carbonyl (C=O) groups is 2. The lowest BCUT2D eigenvalue weighted by Gasteiger charge is -2.12. The molecule has 0 atom stereocenters. The maximum absolute atomic E-state index is 13.0. The van der Waals surface area contributed by atoms with Gasteiger partial charge in [-0.15, -0.1) is 0 Å². The zero-order valence-corrected chi connectivity index (χ0v) is 18.6. The molecule has 0 unspecified atom stereocenters. The molecule has 0 radical (unpaired) electrons. The molecule has 7 heteroatoms. The van der Waals surface area contributed by atoms with Gasteiger partial charge in [0.2, 0.25) is 0 Å². The summed E-state index contributed by atoms with van der Waals surface area (Å²) in [6.45, 7) is 0. The zero-order valence-electron chi connectivity index (χ0n) is 17.0. The predicted octanol–water partition coefficient (Wildman–Crippen LogP) is 4.88. The van der Waals surface area contributed by atoms with Crippen LogP contribution in [0, 0.1) is 0 Å². The van der Waals surface area contributed by atoms with Crippen LogP contribution in [0.1, 0.15) is 15.9 Å². The molecule has 31 heavy (non-hydrogen) atoms. The highest BCUT2D eigenvalue weighted by Crippen LogP contribution is 2.18. The van der Waals surface area contributed by atoms with Crippen LogP contribution in [0.3, 0.4) is 0 Å². The van der Waals surface area contributed by atoms with E-state index in [4.69, 9.17) is 9.47 Å². The quantitative estimate of drug-likeness (QED) is 0.472. The number of rotatable bonds is 7. The van der Waals surface area contributed by atoms with Gasteiger partial charge in [0, 0.05) is 15.7 Å². The number of anilines is 1. The number of benzene rings is 3. The monoisotopic (exact) mass is 480 g/mol. The van der Waals surface area contributed by atoms with Crippen molar-refractivity contribution in [1.29, 1.82) is 0 Å². The van der Waals surface area contributed by atoms with Gasteiger partial charge < -0.3 is 20.1 Å². The first-order valence-corrected chi connectivity index (χ1v) is 10.2. The maximum atomic E-state index is 13.0. The number of amides is 2. The Bertz CT molecular complexity index is 1090. The Balaban J connectivity index is 1.87. The van der Waals surface area contributed by atoms with Gasteiger partial charge in [0.1, 0.15) is 17.2 Å². The second-order valence-corrected chi connectivity index (χ2v) is 7.39. The fraction of sp³-hybridized carbons (Fsp3) is 0.0833. The Labute approximate surface area is 189 Å². The summed E-state index contributed by atoms with van der Waals surface area (Å²) < 4.78 is 11.1. The molecule has 0 aliphatic rings. The van der Waals surface area contributed by atoms with E-state index in [9.17, 15) is 9.59 Å². The van der Waals surface area contributed by atoms with Crippen LogP contribution < -0.4 is 20.1 Å². The Morgan fingerprint density at radius 1 is 0.871 bits per heavy atom. The average molecular weight is 481 g/mol. The van der Waals surface area contributed by atoms with Crippen molar-refractivity contribution in [3.63, 3.8) is 0 Å². The summed E-state index contributed by atoms with van der Waals surface area (Å²) in [5.74, 6) is 0.472. The molecule has 2 N–H and O–H groups in total. The molecule has 0 saturated carbocycles. The molecule has 0 aromatic heterocycles. The molecule has 0 fully saturated rings. The van der Waals surface area contributed by atoms with Gasteiger partial charge in [-0.3, -0.25) is 9.59 Å². The van der Waals surface area contributed by atoms with Gasteiger partial charge in [-0.25, -0.2) is 0 Å².